The Kier molecular flexibility index (Phi) is 3.49. The van der Waals surface area contributed by atoms with E-state index in [9.17, 15) is 4.79 Å². The number of thiazole rings is 1. The summed E-state index contributed by atoms with van der Waals surface area (Å²) in [4.78, 5) is 19.8. The number of hydrogen-bond donors (Lipinski definition) is 1. The van der Waals surface area contributed by atoms with Gasteiger partial charge in [0.2, 0.25) is 0 Å². The van der Waals surface area contributed by atoms with Crippen molar-refractivity contribution in [3.05, 3.63) is 47.4 Å². The van der Waals surface area contributed by atoms with Crippen LogP contribution in [0.2, 0.25) is 0 Å². The maximum atomic E-state index is 13.2. The van der Waals surface area contributed by atoms with Crippen LogP contribution in [0.5, 0.6) is 0 Å². The third-order valence-electron chi connectivity index (χ3n) is 4.54. The van der Waals surface area contributed by atoms with Crippen molar-refractivity contribution in [2.75, 3.05) is 6.54 Å². The number of benzene rings is 1. The van der Waals surface area contributed by atoms with Gasteiger partial charge in [-0.15, -0.1) is 16.4 Å². The van der Waals surface area contributed by atoms with Gasteiger partial charge in [-0.2, -0.15) is 9.78 Å². The van der Waals surface area contributed by atoms with Gasteiger partial charge < -0.3 is 4.90 Å². The SMILES string of the molecule is O=C(c1cn[nH]c1-n1cnnn1)N1CCC[C@H]1c1nc2ccccc2s1. The van der Waals surface area contributed by atoms with Gasteiger partial charge >= 0.3 is 0 Å². The topological polar surface area (TPSA) is 105 Å². The van der Waals surface area contributed by atoms with E-state index in [4.69, 9.17) is 4.98 Å². The van der Waals surface area contributed by atoms with Gasteiger partial charge in [0, 0.05) is 6.54 Å². The zero-order chi connectivity index (χ0) is 17.5. The predicted octanol–water partition coefficient (Wildman–Crippen LogP) is 1.97. The van der Waals surface area contributed by atoms with E-state index in [1.807, 2.05) is 23.1 Å². The lowest BCUT2D eigenvalue weighted by atomic mass is 10.2. The molecule has 1 aromatic carbocycles. The molecule has 130 valence electrons. The van der Waals surface area contributed by atoms with Gasteiger partial charge in [0.1, 0.15) is 16.9 Å². The van der Waals surface area contributed by atoms with Gasteiger partial charge in [0.25, 0.3) is 5.91 Å². The number of nitrogens with zero attached hydrogens (tertiary/aromatic N) is 7. The van der Waals surface area contributed by atoms with Crippen LogP contribution in [-0.4, -0.2) is 52.7 Å². The Morgan fingerprint density at radius 3 is 3.08 bits per heavy atom. The highest BCUT2D eigenvalue weighted by atomic mass is 32.1. The molecule has 0 unspecified atom stereocenters. The zero-order valence-electron chi connectivity index (χ0n) is 13.6. The van der Waals surface area contributed by atoms with Crippen molar-refractivity contribution < 1.29 is 4.79 Å². The van der Waals surface area contributed by atoms with Crippen LogP contribution in [0.15, 0.2) is 36.8 Å². The van der Waals surface area contributed by atoms with E-state index in [1.165, 1.54) is 17.2 Å². The van der Waals surface area contributed by atoms with E-state index in [0.717, 1.165) is 28.1 Å². The average molecular weight is 366 g/mol. The first kappa shape index (κ1) is 15.1. The fourth-order valence-corrected chi connectivity index (χ4v) is 4.44. The Hall–Kier alpha value is -3.14. The van der Waals surface area contributed by atoms with Crippen LogP contribution in [0.3, 0.4) is 0 Å². The molecule has 26 heavy (non-hydrogen) atoms. The number of carbonyl (C=O) groups excluding carboxylic acids is 1. The van der Waals surface area contributed by atoms with E-state index in [1.54, 1.807) is 11.3 Å². The van der Waals surface area contributed by atoms with Gasteiger partial charge in [-0.1, -0.05) is 12.1 Å². The molecule has 3 aromatic heterocycles. The molecule has 4 heterocycles. The maximum Gasteiger partial charge on any atom is 0.259 e. The Labute approximate surface area is 151 Å². The van der Waals surface area contributed by atoms with Crippen LogP contribution in [0, 0.1) is 0 Å². The normalized spacial score (nSPS) is 17.2. The molecule has 1 amide bonds. The number of amides is 1. The number of aromatic nitrogens is 7. The molecule has 1 aliphatic heterocycles. The summed E-state index contributed by atoms with van der Waals surface area (Å²) in [6, 6.07) is 8.03. The van der Waals surface area contributed by atoms with Gasteiger partial charge in [0.15, 0.2) is 5.82 Å². The van der Waals surface area contributed by atoms with Crippen molar-refractivity contribution in [2.45, 2.75) is 18.9 Å². The maximum absolute atomic E-state index is 13.2. The fourth-order valence-electron chi connectivity index (χ4n) is 3.33. The first-order chi connectivity index (χ1) is 12.8. The first-order valence-corrected chi connectivity index (χ1v) is 9.06. The van der Waals surface area contributed by atoms with Crippen molar-refractivity contribution in [2.24, 2.45) is 0 Å². The van der Waals surface area contributed by atoms with Crippen LogP contribution in [0.1, 0.15) is 34.2 Å². The summed E-state index contributed by atoms with van der Waals surface area (Å²) in [6.45, 7) is 0.694. The molecule has 1 fully saturated rings. The summed E-state index contributed by atoms with van der Waals surface area (Å²) in [5, 5.41) is 18.8. The van der Waals surface area contributed by atoms with Gasteiger partial charge in [0.05, 0.1) is 22.5 Å². The number of rotatable bonds is 3. The first-order valence-electron chi connectivity index (χ1n) is 8.24. The summed E-state index contributed by atoms with van der Waals surface area (Å²) in [6.07, 6.45) is 4.81. The Morgan fingerprint density at radius 1 is 1.31 bits per heavy atom. The van der Waals surface area contributed by atoms with Crippen LogP contribution in [0.25, 0.3) is 16.0 Å². The molecule has 1 atom stereocenters. The van der Waals surface area contributed by atoms with E-state index in [2.05, 4.69) is 31.8 Å². The third-order valence-corrected chi connectivity index (χ3v) is 5.67. The summed E-state index contributed by atoms with van der Waals surface area (Å²) < 4.78 is 2.54. The minimum Gasteiger partial charge on any atom is -0.329 e. The molecule has 0 bridgehead atoms. The largest absolute Gasteiger partial charge is 0.329 e. The van der Waals surface area contributed by atoms with Crippen LogP contribution in [0.4, 0.5) is 0 Å². The lowest BCUT2D eigenvalue weighted by molar-refractivity contribution is 0.0735. The van der Waals surface area contributed by atoms with Gasteiger partial charge in [-0.25, -0.2) is 4.98 Å². The molecular weight excluding hydrogens is 352 g/mol. The second-order valence-electron chi connectivity index (χ2n) is 6.06. The van der Waals surface area contributed by atoms with Crippen molar-refractivity contribution in [3.8, 4) is 5.82 Å². The summed E-state index contributed by atoms with van der Waals surface area (Å²) in [5.41, 5.74) is 1.43. The number of hydrogen-bond acceptors (Lipinski definition) is 7. The van der Waals surface area contributed by atoms with Crippen molar-refractivity contribution in [1.82, 2.24) is 40.3 Å². The third kappa shape index (κ3) is 2.37. The number of para-hydroxylation sites is 1. The molecule has 0 spiro atoms. The molecule has 1 N–H and O–H groups in total. The van der Waals surface area contributed by atoms with E-state index in [0.29, 0.717) is 17.9 Å². The minimum atomic E-state index is -0.0917. The molecule has 0 radical (unpaired) electrons. The van der Waals surface area contributed by atoms with E-state index < -0.39 is 0 Å². The number of fused-ring (bicyclic) bond motifs is 1. The second kappa shape index (κ2) is 5.99. The van der Waals surface area contributed by atoms with E-state index >= 15 is 0 Å². The smallest absolute Gasteiger partial charge is 0.259 e. The highest BCUT2D eigenvalue weighted by Crippen LogP contribution is 2.37. The molecular formula is C16H14N8OS. The molecule has 0 aliphatic carbocycles. The number of tetrazole rings is 1. The number of likely N-dealkylation sites (tertiary alicyclic amines) is 1. The summed E-state index contributed by atoms with van der Waals surface area (Å²) >= 11 is 1.65. The summed E-state index contributed by atoms with van der Waals surface area (Å²) in [5.74, 6) is 0.376. The molecule has 9 nitrogen and oxygen atoms in total. The van der Waals surface area contributed by atoms with Crippen LogP contribution >= 0.6 is 11.3 Å². The number of aromatic amines is 1. The van der Waals surface area contributed by atoms with Crippen molar-refractivity contribution in [3.63, 3.8) is 0 Å². The standard InChI is InChI=1S/C16H14N8OS/c25-16(10-8-17-20-14(10)24-9-18-21-22-24)23-7-3-5-12(23)15-19-11-4-1-2-6-13(11)26-15/h1-2,4,6,8-9,12H,3,5,7H2,(H,17,20)/t12-/m0/s1. The zero-order valence-corrected chi connectivity index (χ0v) is 14.4. The Bertz CT molecular complexity index is 1040. The van der Waals surface area contributed by atoms with Crippen molar-refractivity contribution >= 4 is 27.5 Å². The second-order valence-corrected chi connectivity index (χ2v) is 7.13. The van der Waals surface area contributed by atoms with Crippen LogP contribution < -0.4 is 0 Å². The van der Waals surface area contributed by atoms with Crippen LogP contribution in [-0.2, 0) is 0 Å². The lowest BCUT2D eigenvalue weighted by Crippen LogP contribution is -2.31. The van der Waals surface area contributed by atoms with E-state index in [-0.39, 0.29) is 11.9 Å². The molecule has 1 aliphatic rings. The van der Waals surface area contributed by atoms with Crippen molar-refractivity contribution in [1.29, 1.82) is 0 Å². The number of nitrogens with one attached hydrogen (secondary N) is 1. The van der Waals surface area contributed by atoms with Gasteiger partial charge in [-0.3, -0.25) is 9.89 Å². The average Bonchev–Trinajstić information content (AvgIpc) is 3.47. The highest BCUT2D eigenvalue weighted by molar-refractivity contribution is 7.18. The molecule has 0 saturated carbocycles. The number of carbonyl (C=O) groups is 1. The number of H-pyrrole nitrogens is 1. The lowest BCUT2D eigenvalue weighted by Gasteiger charge is -2.22. The molecule has 5 rings (SSSR count). The molecule has 1 saturated heterocycles. The van der Waals surface area contributed by atoms with Gasteiger partial charge in [-0.05, 0) is 35.4 Å². The molecule has 4 aromatic rings. The molecule has 10 heteroatoms. The predicted molar refractivity (Wildman–Crippen MR) is 93.9 cm³/mol. The quantitative estimate of drug-likeness (QED) is 0.594. The minimum absolute atomic E-state index is 0.0171. The summed E-state index contributed by atoms with van der Waals surface area (Å²) in [7, 11) is 0. The highest BCUT2D eigenvalue weighted by Gasteiger charge is 2.34. The Balaban J connectivity index is 1.49. The fraction of sp³-hybridized carbons (Fsp3) is 0.250. The Morgan fingerprint density at radius 2 is 2.23 bits per heavy atom. The monoisotopic (exact) mass is 366 g/mol.